The van der Waals surface area contributed by atoms with Gasteiger partial charge < -0.3 is 5.73 Å². The lowest BCUT2D eigenvalue weighted by molar-refractivity contribution is -0.120. The zero-order chi connectivity index (χ0) is 12.8. The molecule has 0 heterocycles. The van der Waals surface area contributed by atoms with E-state index < -0.39 is 5.82 Å². The van der Waals surface area contributed by atoms with E-state index in [1.807, 2.05) is 6.92 Å². The standard InChI is InChI=1S/C11H16FN3OS/c1-2-3-10(11(16)15-14)17-9-5-7(12)4-8(13)6-9/h4-6,10H,2-3,13-14H2,1H3,(H,15,16). The fourth-order valence-electron chi connectivity index (χ4n) is 1.42. The molecule has 0 aliphatic heterocycles. The summed E-state index contributed by atoms with van der Waals surface area (Å²) in [5, 5.41) is -0.328. The number of carbonyl (C=O) groups is 1. The van der Waals surface area contributed by atoms with Crippen LogP contribution in [0.1, 0.15) is 19.8 Å². The second kappa shape index (κ2) is 6.46. The number of anilines is 1. The van der Waals surface area contributed by atoms with Crippen molar-refractivity contribution in [3.8, 4) is 0 Å². The summed E-state index contributed by atoms with van der Waals surface area (Å²) in [5.74, 6) is 4.43. The molecule has 94 valence electrons. The van der Waals surface area contributed by atoms with E-state index in [2.05, 4.69) is 5.43 Å². The van der Waals surface area contributed by atoms with Crippen LogP contribution >= 0.6 is 11.8 Å². The molecule has 1 atom stereocenters. The maximum absolute atomic E-state index is 13.1. The van der Waals surface area contributed by atoms with Crippen LogP contribution in [0.4, 0.5) is 10.1 Å². The van der Waals surface area contributed by atoms with Crippen LogP contribution in [0, 0.1) is 5.82 Å². The summed E-state index contributed by atoms with van der Waals surface area (Å²) in [5.41, 5.74) is 8.00. The van der Waals surface area contributed by atoms with Crippen molar-refractivity contribution in [3.63, 3.8) is 0 Å². The number of nitrogens with two attached hydrogens (primary N) is 2. The van der Waals surface area contributed by atoms with Gasteiger partial charge in [0, 0.05) is 10.6 Å². The van der Waals surface area contributed by atoms with Crippen LogP contribution in [0.2, 0.25) is 0 Å². The summed E-state index contributed by atoms with van der Waals surface area (Å²) in [6.45, 7) is 1.97. The molecule has 0 saturated carbocycles. The fourth-order valence-corrected chi connectivity index (χ4v) is 2.66. The SMILES string of the molecule is CCCC(Sc1cc(N)cc(F)c1)C(=O)NN. The minimum Gasteiger partial charge on any atom is -0.399 e. The van der Waals surface area contributed by atoms with Gasteiger partial charge in [0.2, 0.25) is 5.91 Å². The first kappa shape index (κ1) is 13.8. The quantitative estimate of drug-likeness (QED) is 0.246. The van der Waals surface area contributed by atoms with Crippen molar-refractivity contribution in [2.24, 2.45) is 5.84 Å². The van der Waals surface area contributed by atoms with Gasteiger partial charge >= 0.3 is 0 Å². The Morgan fingerprint density at radius 1 is 1.53 bits per heavy atom. The highest BCUT2D eigenvalue weighted by Gasteiger charge is 2.18. The van der Waals surface area contributed by atoms with Gasteiger partial charge in [0.15, 0.2) is 0 Å². The van der Waals surface area contributed by atoms with Crippen LogP contribution < -0.4 is 17.0 Å². The van der Waals surface area contributed by atoms with Gasteiger partial charge in [0.05, 0.1) is 5.25 Å². The predicted molar refractivity (Wildman–Crippen MR) is 67.7 cm³/mol. The molecular formula is C11H16FN3OS. The number of hydrogen-bond donors (Lipinski definition) is 3. The molecule has 6 heteroatoms. The van der Waals surface area contributed by atoms with Crippen molar-refractivity contribution in [3.05, 3.63) is 24.0 Å². The molecular weight excluding hydrogens is 241 g/mol. The number of nitrogen functional groups attached to an aromatic ring is 1. The average molecular weight is 257 g/mol. The average Bonchev–Trinajstić information content (AvgIpc) is 2.26. The highest BCUT2D eigenvalue weighted by molar-refractivity contribution is 8.00. The summed E-state index contributed by atoms with van der Waals surface area (Å²) < 4.78 is 13.1. The van der Waals surface area contributed by atoms with Crippen LogP contribution in [-0.2, 0) is 4.79 Å². The molecule has 0 saturated heterocycles. The van der Waals surface area contributed by atoms with E-state index in [0.29, 0.717) is 17.0 Å². The third-order valence-corrected chi connectivity index (χ3v) is 3.40. The number of thioether (sulfide) groups is 1. The number of carbonyl (C=O) groups excluding carboxylic acids is 1. The number of hydrogen-bond acceptors (Lipinski definition) is 4. The summed E-state index contributed by atoms with van der Waals surface area (Å²) in [6.07, 6.45) is 1.51. The van der Waals surface area contributed by atoms with Crippen molar-refractivity contribution >= 4 is 23.4 Å². The van der Waals surface area contributed by atoms with E-state index in [9.17, 15) is 9.18 Å². The summed E-state index contributed by atoms with van der Waals surface area (Å²) in [6, 6.07) is 4.23. The molecule has 5 N–H and O–H groups in total. The summed E-state index contributed by atoms with van der Waals surface area (Å²) >= 11 is 1.26. The number of amides is 1. The zero-order valence-electron chi connectivity index (χ0n) is 9.57. The lowest BCUT2D eigenvalue weighted by Gasteiger charge is -2.14. The molecule has 1 unspecified atom stereocenters. The Morgan fingerprint density at radius 2 is 2.24 bits per heavy atom. The van der Waals surface area contributed by atoms with Gasteiger partial charge in [-0.25, -0.2) is 10.2 Å². The third kappa shape index (κ3) is 4.24. The van der Waals surface area contributed by atoms with Gasteiger partial charge in [0.25, 0.3) is 0 Å². The zero-order valence-corrected chi connectivity index (χ0v) is 10.4. The van der Waals surface area contributed by atoms with E-state index in [1.54, 1.807) is 6.07 Å². The molecule has 1 rings (SSSR count). The van der Waals surface area contributed by atoms with Gasteiger partial charge in [0.1, 0.15) is 5.82 Å². The van der Waals surface area contributed by atoms with E-state index in [-0.39, 0.29) is 11.2 Å². The molecule has 0 fully saturated rings. The van der Waals surface area contributed by atoms with Crippen LogP contribution in [0.15, 0.2) is 23.1 Å². The molecule has 17 heavy (non-hydrogen) atoms. The number of halogens is 1. The molecule has 1 aromatic rings. The van der Waals surface area contributed by atoms with E-state index in [1.165, 1.54) is 23.9 Å². The number of rotatable bonds is 5. The van der Waals surface area contributed by atoms with Crippen LogP contribution in [0.5, 0.6) is 0 Å². The fraction of sp³-hybridized carbons (Fsp3) is 0.364. The molecule has 0 spiro atoms. The largest absolute Gasteiger partial charge is 0.399 e. The third-order valence-electron chi connectivity index (χ3n) is 2.16. The lowest BCUT2D eigenvalue weighted by Crippen LogP contribution is -2.37. The van der Waals surface area contributed by atoms with Gasteiger partial charge in [-0.15, -0.1) is 11.8 Å². The molecule has 1 aromatic carbocycles. The van der Waals surface area contributed by atoms with Gasteiger partial charge in [-0.3, -0.25) is 10.2 Å². The minimum absolute atomic E-state index is 0.264. The second-order valence-electron chi connectivity index (χ2n) is 3.62. The van der Waals surface area contributed by atoms with Gasteiger partial charge in [-0.1, -0.05) is 13.3 Å². The molecule has 0 aromatic heterocycles. The Bertz CT molecular complexity index is 380. The van der Waals surface area contributed by atoms with Gasteiger partial charge in [-0.2, -0.15) is 0 Å². The van der Waals surface area contributed by atoms with Crippen molar-refractivity contribution in [2.45, 2.75) is 29.9 Å². The van der Waals surface area contributed by atoms with Crippen LogP contribution in [0.25, 0.3) is 0 Å². The first-order chi connectivity index (χ1) is 8.06. The molecule has 0 aliphatic carbocycles. The number of benzene rings is 1. The van der Waals surface area contributed by atoms with Gasteiger partial charge in [-0.05, 0) is 24.6 Å². The first-order valence-electron chi connectivity index (χ1n) is 5.30. The van der Waals surface area contributed by atoms with Crippen molar-refractivity contribution < 1.29 is 9.18 Å². The highest BCUT2D eigenvalue weighted by Crippen LogP contribution is 2.28. The topological polar surface area (TPSA) is 81.1 Å². The van der Waals surface area contributed by atoms with Crippen LogP contribution in [0.3, 0.4) is 0 Å². The van der Waals surface area contributed by atoms with E-state index in [0.717, 1.165) is 6.42 Å². The normalized spacial score (nSPS) is 12.2. The molecule has 0 radical (unpaired) electrons. The predicted octanol–water partition coefficient (Wildman–Crippen LogP) is 1.66. The highest BCUT2D eigenvalue weighted by atomic mass is 32.2. The van der Waals surface area contributed by atoms with Crippen molar-refractivity contribution in [2.75, 3.05) is 5.73 Å². The summed E-state index contributed by atoms with van der Waals surface area (Å²) in [4.78, 5) is 12.1. The number of hydrazine groups is 1. The Labute approximate surface area is 104 Å². The monoisotopic (exact) mass is 257 g/mol. The van der Waals surface area contributed by atoms with Crippen LogP contribution in [-0.4, -0.2) is 11.2 Å². The first-order valence-corrected chi connectivity index (χ1v) is 6.18. The Morgan fingerprint density at radius 3 is 2.76 bits per heavy atom. The van der Waals surface area contributed by atoms with E-state index in [4.69, 9.17) is 11.6 Å². The van der Waals surface area contributed by atoms with E-state index >= 15 is 0 Å². The maximum Gasteiger partial charge on any atom is 0.247 e. The molecule has 4 nitrogen and oxygen atoms in total. The van der Waals surface area contributed by atoms with Crippen molar-refractivity contribution in [1.82, 2.24) is 5.43 Å². The molecule has 0 bridgehead atoms. The molecule has 0 aliphatic rings. The number of nitrogens with one attached hydrogen (secondary N) is 1. The minimum atomic E-state index is -0.407. The Kier molecular flexibility index (Phi) is 5.24. The Balaban J connectivity index is 2.81. The summed E-state index contributed by atoms with van der Waals surface area (Å²) in [7, 11) is 0. The maximum atomic E-state index is 13.1. The molecule has 1 amide bonds. The smallest absolute Gasteiger partial charge is 0.247 e. The lowest BCUT2D eigenvalue weighted by atomic mass is 10.2. The second-order valence-corrected chi connectivity index (χ2v) is 4.90. The Hall–Kier alpha value is -1.27. The van der Waals surface area contributed by atoms with Crippen molar-refractivity contribution in [1.29, 1.82) is 0 Å².